The van der Waals surface area contributed by atoms with E-state index in [0.29, 0.717) is 39.6 Å². The van der Waals surface area contributed by atoms with E-state index in [-0.39, 0.29) is 21.3 Å². The molecule has 9 nitrogen and oxygen atoms in total. The number of anilines is 1. The molecule has 1 unspecified atom stereocenters. The Morgan fingerprint density at radius 1 is 0.927 bits per heavy atom. The van der Waals surface area contributed by atoms with Crippen molar-refractivity contribution in [2.45, 2.75) is 19.9 Å². The minimum Gasteiger partial charge on any atom is -0.507 e. The summed E-state index contributed by atoms with van der Waals surface area (Å²) >= 11 is 0.933. The number of ketones is 1. The van der Waals surface area contributed by atoms with Crippen LogP contribution >= 0.6 is 11.3 Å². The number of nitrogens with zero attached hydrogens (tertiary/aromatic N) is 2. The predicted molar refractivity (Wildman–Crippen MR) is 154 cm³/mol. The lowest BCUT2D eigenvalue weighted by molar-refractivity contribution is -0.132. The Morgan fingerprint density at radius 2 is 1.66 bits per heavy atom. The molecule has 0 spiro atoms. The molecule has 1 fully saturated rings. The Kier molecular flexibility index (Phi) is 7.58. The number of hydrogen-bond acceptors (Lipinski definition) is 9. The fourth-order valence-corrected chi connectivity index (χ4v) is 5.67. The van der Waals surface area contributed by atoms with Gasteiger partial charge in [0.25, 0.3) is 5.78 Å². The minimum absolute atomic E-state index is 0.118. The normalized spacial score (nSPS) is 16.1. The van der Waals surface area contributed by atoms with E-state index in [1.54, 1.807) is 68.4 Å². The molecule has 2 heterocycles. The maximum atomic E-state index is 13.6. The average Bonchev–Trinajstić information content (AvgIpc) is 3.49. The van der Waals surface area contributed by atoms with Gasteiger partial charge < -0.3 is 19.3 Å². The van der Waals surface area contributed by atoms with Crippen LogP contribution in [0.25, 0.3) is 5.76 Å². The highest BCUT2D eigenvalue weighted by molar-refractivity contribution is 7.17. The molecule has 4 aromatic rings. The van der Waals surface area contributed by atoms with Crippen molar-refractivity contribution in [1.82, 2.24) is 4.98 Å². The number of carbonyl (C=O) groups is 3. The van der Waals surface area contributed by atoms with Crippen LogP contribution in [-0.4, -0.2) is 42.0 Å². The van der Waals surface area contributed by atoms with Crippen molar-refractivity contribution >= 4 is 39.9 Å². The van der Waals surface area contributed by atoms with Crippen molar-refractivity contribution in [2.24, 2.45) is 0 Å². The SMILES string of the molecule is COC(=O)c1sc(N2C(=O)C(=O)/C(=C(/O)c3ccc(OC)cc3C)C2c2cccc(Oc3ccccc3)c2)nc1C. The number of rotatable bonds is 7. The van der Waals surface area contributed by atoms with Crippen molar-refractivity contribution in [1.29, 1.82) is 0 Å². The van der Waals surface area contributed by atoms with Crippen LogP contribution in [0.1, 0.15) is 38.1 Å². The van der Waals surface area contributed by atoms with Crippen molar-refractivity contribution in [3.05, 3.63) is 106 Å². The Hall–Kier alpha value is -4.96. The Bertz CT molecular complexity index is 1690. The third-order valence-corrected chi connectivity index (χ3v) is 7.78. The number of para-hydroxylation sites is 1. The molecule has 1 aliphatic heterocycles. The molecular formula is C31H26N2O7S. The third-order valence-electron chi connectivity index (χ3n) is 6.65. The highest BCUT2D eigenvalue weighted by atomic mass is 32.1. The van der Waals surface area contributed by atoms with Crippen LogP contribution < -0.4 is 14.4 Å². The first-order chi connectivity index (χ1) is 19.7. The number of methoxy groups -OCH3 is 2. The van der Waals surface area contributed by atoms with Gasteiger partial charge >= 0.3 is 11.9 Å². The molecule has 0 saturated carbocycles. The number of aliphatic hydroxyl groups excluding tert-OH is 1. The van der Waals surface area contributed by atoms with Crippen LogP contribution in [0.5, 0.6) is 17.2 Å². The van der Waals surface area contributed by atoms with E-state index in [9.17, 15) is 19.5 Å². The van der Waals surface area contributed by atoms with Crippen LogP contribution in [0, 0.1) is 13.8 Å². The molecule has 1 N–H and O–H groups in total. The van der Waals surface area contributed by atoms with E-state index < -0.39 is 23.7 Å². The van der Waals surface area contributed by atoms with Gasteiger partial charge in [-0.05, 0) is 67.4 Å². The van der Waals surface area contributed by atoms with Crippen LogP contribution in [0.3, 0.4) is 0 Å². The van der Waals surface area contributed by atoms with Gasteiger partial charge in [0.05, 0.1) is 31.5 Å². The zero-order valence-corrected chi connectivity index (χ0v) is 23.5. The number of Topliss-reactive ketones (excluding diaryl/α,β-unsaturated/α-hetero) is 1. The fraction of sp³-hybridized carbons (Fsp3) is 0.161. The number of hydrogen-bond donors (Lipinski definition) is 1. The molecule has 0 bridgehead atoms. The molecule has 10 heteroatoms. The number of aryl methyl sites for hydroxylation is 2. The minimum atomic E-state index is -1.06. The molecule has 208 valence electrons. The smallest absolute Gasteiger partial charge is 0.350 e. The number of aromatic nitrogens is 1. The van der Waals surface area contributed by atoms with Gasteiger partial charge in [0.2, 0.25) is 0 Å². The first kappa shape index (κ1) is 27.6. The second-order valence-corrected chi connectivity index (χ2v) is 10.2. The highest BCUT2D eigenvalue weighted by Crippen LogP contribution is 2.45. The summed E-state index contributed by atoms with van der Waals surface area (Å²) < 4.78 is 16.1. The van der Waals surface area contributed by atoms with Gasteiger partial charge in [0.1, 0.15) is 27.9 Å². The van der Waals surface area contributed by atoms with E-state index in [0.717, 1.165) is 11.3 Å². The van der Waals surface area contributed by atoms with Crippen LogP contribution in [0.15, 0.2) is 78.4 Å². The van der Waals surface area contributed by atoms with Crippen LogP contribution in [0.2, 0.25) is 0 Å². The maximum absolute atomic E-state index is 13.6. The Balaban J connectivity index is 1.69. The average molecular weight is 571 g/mol. The van der Waals surface area contributed by atoms with Gasteiger partial charge in [0.15, 0.2) is 5.13 Å². The summed E-state index contributed by atoms with van der Waals surface area (Å²) in [6, 6.07) is 20.0. The Morgan fingerprint density at radius 3 is 2.34 bits per heavy atom. The van der Waals surface area contributed by atoms with E-state index in [1.807, 2.05) is 18.2 Å². The maximum Gasteiger partial charge on any atom is 0.350 e. The standard InChI is InChI=1S/C31H26N2O7S/c1-17-15-21(38-3)13-14-23(17)26(34)24-25(19-9-8-12-22(16-19)40-20-10-6-5-7-11-20)33(29(36)27(24)35)31-32-18(2)28(41-31)30(37)39-4/h5-16,25,34H,1-4H3/b26-24+. The molecule has 1 aromatic heterocycles. The van der Waals surface area contributed by atoms with E-state index in [2.05, 4.69) is 4.98 Å². The van der Waals surface area contributed by atoms with Crippen molar-refractivity contribution in [3.63, 3.8) is 0 Å². The number of amides is 1. The number of aliphatic hydroxyl groups is 1. The molecule has 0 aliphatic carbocycles. The number of benzene rings is 3. The van der Waals surface area contributed by atoms with Crippen LogP contribution in [-0.2, 0) is 14.3 Å². The molecule has 1 amide bonds. The lowest BCUT2D eigenvalue weighted by Crippen LogP contribution is -2.29. The number of esters is 1. The lowest BCUT2D eigenvalue weighted by atomic mass is 9.94. The Labute approximate surface area is 240 Å². The van der Waals surface area contributed by atoms with Crippen molar-refractivity contribution in [2.75, 3.05) is 19.1 Å². The molecule has 41 heavy (non-hydrogen) atoms. The first-order valence-electron chi connectivity index (χ1n) is 12.6. The fourth-order valence-electron chi connectivity index (χ4n) is 4.66. The summed E-state index contributed by atoms with van der Waals surface area (Å²) in [6.07, 6.45) is 0. The predicted octanol–water partition coefficient (Wildman–Crippen LogP) is 5.97. The summed E-state index contributed by atoms with van der Waals surface area (Å²) in [5.74, 6) is -1.07. The molecule has 3 aromatic carbocycles. The van der Waals surface area contributed by atoms with E-state index >= 15 is 0 Å². The van der Waals surface area contributed by atoms with Gasteiger partial charge in [-0.3, -0.25) is 14.5 Å². The zero-order chi connectivity index (χ0) is 29.3. The highest BCUT2D eigenvalue weighted by Gasteiger charge is 2.48. The first-order valence-corrected chi connectivity index (χ1v) is 13.4. The van der Waals surface area contributed by atoms with Gasteiger partial charge in [-0.1, -0.05) is 41.7 Å². The molecular weight excluding hydrogens is 544 g/mol. The monoisotopic (exact) mass is 570 g/mol. The molecule has 0 radical (unpaired) electrons. The summed E-state index contributed by atoms with van der Waals surface area (Å²) in [4.78, 5) is 45.4. The summed E-state index contributed by atoms with van der Waals surface area (Å²) in [5.41, 5.74) is 1.75. The van der Waals surface area contributed by atoms with Crippen molar-refractivity contribution < 1.29 is 33.7 Å². The van der Waals surface area contributed by atoms with E-state index in [1.165, 1.54) is 19.1 Å². The topological polar surface area (TPSA) is 115 Å². The number of ether oxygens (including phenoxy) is 3. The van der Waals surface area contributed by atoms with Gasteiger partial charge in [-0.25, -0.2) is 9.78 Å². The zero-order valence-electron chi connectivity index (χ0n) is 22.7. The van der Waals surface area contributed by atoms with Gasteiger partial charge in [-0.15, -0.1) is 0 Å². The molecule has 1 atom stereocenters. The van der Waals surface area contributed by atoms with Gasteiger partial charge in [0, 0.05) is 5.56 Å². The molecule has 5 rings (SSSR count). The second kappa shape index (κ2) is 11.3. The molecule has 1 aliphatic rings. The van der Waals surface area contributed by atoms with Crippen LogP contribution in [0.4, 0.5) is 5.13 Å². The summed E-state index contributed by atoms with van der Waals surface area (Å²) in [7, 11) is 2.78. The van der Waals surface area contributed by atoms with Gasteiger partial charge in [-0.2, -0.15) is 0 Å². The quantitative estimate of drug-likeness (QED) is 0.125. The largest absolute Gasteiger partial charge is 0.507 e. The lowest BCUT2D eigenvalue weighted by Gasteiger charge is -2.23. The number of carbonyl (C=O) groups excluding carboxylic acids is 3. The van der Waals surface area contributed by atoms with E-state index in [4.69, 9.17) is 14.2 Å². The summed E-state index contributed by atoms with van der Waals surface area (Å²) in [5, 5.41) is 11.7. The summed E-state index contributed by atoms with van der Waals surface area (Å²) in [6.45, 7) is 3.39. The second-order valence-electron chi connectivity index (χ2n) is 9.24. The number of thiazole rings is 1. The third kappa shape index (κ3) is 5.17. The molecule has 1 saturated heterocycles. The van der Waals surface area contributed by atoms with Crippen molar-refractivity contribution in [3.8, 4) is 17.2 Å².